The number of para-hydroxylation sites is 2. The summed E-state index contributed by atoms with van der Waals surface area (Å²) >= 11 is 0. The maximum Gasteiger partial charge on any atom is 0.431 e. The van der Waals surface area contributed by atoms with Crippen molar-refractivity contribution < 1.29 is 46.6 Å². The van der Waals surface area contributed by atoms with Gasteiger partial charge >= 0.3 is 23.5 Å². The minimum absolute atomic E-state index is 0.0175. The third-order valence-corrected chi connectivity index (χ3v) is 5.27. The molecule has 3 aromatic rings. The molecule has 0 aliphatic carbocycles. The van der Waals surface area contributed by atoms with Crippen molar-refractivity contribution in [3.63, 3.8) is 0 Å². The highest BCUT2D eigenvalue weighted by Crippen LogP contribution is 2.38. The molecule has 12 nitrogen and oxygen atoms in total. The number of rotatable bonds is 10. The predicted octanol–water partition coefficient (Wildman–Crippen LogP) is 3.26. The first-order chi connectivity index (χ1) is 18.3. The maximum atomic E-state index is 14.9. The van der Waals surface area contributed by atoms with Crippen molar-refractivity contribution in [2.24, 2.45) is 7.05 Å². The van der Waals surface area contributed by atoms with Crippen molar-refractivity contribution in [2.45, 2.75) is 18.7 Å². The van der Waals surface area contributed by atoms with E-state index in [1.54, 1.807) is 0 Å². The molecule has 1 N–H and O–H groups in total. The summed E-state index contributed by atoms with van der Waals surface area (Å²) in [4.78, 5) is 47.2. The Labute approximate surface area is 215 Å². The average Bonchev–Trinajstić information content (AvgIpc) is 2.85. The molecule has 0 spiro atoms. The minimum atomic E-state index is -5.07. The van der Waals surface area contributed by atoms with Gasteiger partial charge in [0.1, 0.15) is 5.69 Å². The molecule has 0 saturated carbocycles. The summed E-state index contributed by atoms with van der Waals surface area (Å²) < 4.78 is 70.4. The smallest absolute Gasteiger partial charge is 0.431 e. The second-order valence-corrected chi connectivity index (χ2v) is 7.85. The highest BCUT2D eigenvalue weighted by molar-refractivity contribution is 5.73. The van der Waals surface area contributed by atoms with Gasteiger partial charge in [-0.05, 0) is 12.1 Å². The van der Waals surface area contributed by atoms with Gasteiger partial charge in [0, 0.05) is 32.7 Å². The third-order valence-electron chi connectivity index (χ3n) is 5.27. The van der Waals surface area contributed by atoms with Gasteiger partial charge in [-0.3, -0.25) is 19.5 Å². The summed E-state index contributed by atoms with van der Waals surface area (Å²) in [6.07, 6.45) is -6.57. The molecule has 0 radical (unpaired) electrons. The van der Waals surface area contributed by atoms with Gasteiger partial charge in [0.2, 0.25) is 5.75 Å². The molecule has 0 fully saturated rings. The lowest BCUT2D eigenvalue weighted by Crippen LogP contribution is -2.41. The lowest BCUT2D eigenvalue weighted by atomic mass is 10.2. The number of nitrogens with zero attached hydrogens (tertiary/aromatic N) is 3. The molecule has 16 heteroatoms. The van der Waals surface area contributed by atoms with Gasteiger partial charge in [-0.2, -0.15) is 13.2 Å². The van der Waals surface area contributed by atoms with Gasteiger partial charge in [-0.15, -0.1) is 0 Å². The van der Waals surface area contributed by atoms with Crippen LogP contribution in [0.4, 0.5) is 23.2 Å². The van der Waals surface area contributed by atoms with Crippen LogP contribution in [0.15, 0.2) is 52.1 Å². The summed E-state index contributed by atoms with van der Waals surface area (Å²) in [5, 5.41) is 21.0. The van der Waals surface area contributed by atoms with Crippen molar-refractivity contribution in [3.05, 3.63) is 84.9 Å². The number of carbonyl (C=O) groups is 1. The molecule has 1 heterocycles. The van der Waals surface area contributed by atoms with E-state index in [9.17, 15) is 47.2 Å². The maximum absolute atomic E-state index is 14.9. The highest BCUT2D eigenvalue weighted by atomic mass is 19.4. The quantitative estimate of drug-likeness (QED) is 0.225. The normalized spacial score (nSPS) is 12.2. The fourth-order valence-electron chi connectivity index (χ4n) is 3.41. The van der Waals surface area contributed by atoms with Crippen molar-refractivity contribution >= 4 is 11.7 Å². The molecule has 0 amide bonds. The van der Waals surface area contributed by atoms with Crippen molar-refractivity contribution in [1.29, 1.82) is 0 Å². The molecule has 0 saturated heterocycles. The first-order valence-corrected chi connectivity index (χ1v) is 10.8. The molecule has 0 bridgehead atoms. The largest absolute Gasteiger partial charge is 0.479 e. The van der Waals surface area contributed by atoms with Crippen LogP contribution >= 0.6 is 0 Å². The summed E-state index contributed by atoms with van der Waals surface area (Å²) in [7, 11) is 2.05. The number of aliphatic carboxylic acids is 1. The van der Waals surface area contributed by atoms with Crippen LogP contribution in [0, 0.1) is 15.9 Å². The molecule has 1 unspecified atom stereocenters. The molecule has 2 aromatic carbocycles. The van der Waals surface area contributed by atoms with Crippen LogP contribution in [0.5, 0.6) is 17.2 Å². The number of aromatic nitrogens is 2. The Hall–Kier alpha value is -4.73. The Balaban J connectivity index is 2.15. The number of hydrogen-bond acceptors (Lipinski definition) is 8. The van der Waals surface area contributed by atoms with E-state index in [0.717, 1.165) is 0 Å². The Morgan fingerprint density at radius 1 is 1.13 bits per heavy atom. The van der Waals surface area contributed by atoms with E-state index >= 15 is 0 Å². The minimum Gasteiger partial charge on any atom is -0.479 e. The Morgan fingerprint density at radius 2 is 1.77 bits per heavy atom. The fourth-order valence-corrected chi connectivity index (χ4v) is 3.41. The summed E-state index contributed by atoms with van der Waals surface area (Å²) in [5.41, 5.74) is -6.65. The molecule has 0 aliphatic rings. The third kappa shape index (κ3) is 6.23. The number of nitro groups is 1. The van der Waals surface area contributed by atoms with Crippen LogP contribution in [0.25, 0.3) is 5.69 Å². The van der Waals surface area contributed by atoms with Gasteiger partial charge in [0.25, 0.3) is 5.56 Å². The zero-order valence-electron chi connectivity index (χ0n) is 20.1. The van der Waals surface area contributed by atoms with Gasteiger partial charge in [0.15, 0.2) is 23.4 Å². The number of carboxylic acids is 1. The highest BCUT2D eigenvalue weighted by Gasteiger charge is 2.35. The van der Waals surface area contributed by atoms with E-state index in [-0.39, 0.29) is 39.7 Å². The van der Waals surface area contributed by atoms with E-state index < -0.39 is 63.1 Å². The first kappa shape index (κ1) is 28.8. The number of halogens is 4. The standard InChI is InChI=1S/C23H19F4N3O9/c1-28-19(23(25,26)27)11-20(31)29(22(28)34)13-10-18(14(30(35)36)9-12(13)24)39-16-6-4-3-5-15(16)38-17(21(32)33)7-8-37-2/h3-6,9-11,17H,7-8H2,1-2H3,(H,32,33). The van der Waals surface area contributed by atoms with Crippen LogP contribution in [-0.2, 0) is 22.8 Å². The number of methoxy groups -OCH3 is 1. The van der Waals surface area contributed by atoms with E-state index in [2.05, 4.69) is 0 Å². The summed E-state index contributed by atoms with van der Waals surface area (Å²) in [6, 6.07) is 6.33. The van der Waals surface area contributed by atoms with Gasteiger partial charge < -0.3 is 19.3 Å². The Kier molecular flexibility index (Phi) is 8.39. The van der Waals surface area contributed by atoms with Crippen LogP contribution < -0.4 is 20.7 Å². The molecule has 208 valence electrons. The zero-order chi connectivity index (χ0) is 29.1. The number of nitro benzene ring substituents is 1. The first-order valence-electron chi connectivity index (χ1n) is 10.8. The predicted molar refractivity (Wildman–Crippen MR) is 124 cm³/mol. The molecule has 1 aromatic heterocycles. The number of ether oxygens (including phenoxy) is 3. The van der Waals surface area contributed by atoms with E-state index in [1.807, 2.05) is 0 Å². The number of carboxylic acid groups (broad SMARTS) is 1. The second-order valence-electron chi connectivity index (χ2n) is 7.85. The lowest BCUT2D eigenvalue weighted by Gasteiger charge is -2.18. The van der Waals surface area contributed by atoms with Crippen LogP contribution in [0.1, 0.15) is 12.1 Å². The summed E-state index contributed by atoms with van der Waals surface area (Å²) in [6.45, 7) is 0.0175. The topological polar surface area (TPSA) is 152 Å². The average molecular weight is 557 g/mol. The molecule has 39 heavy (non-hydrogen) atoms. The van der Waals surface area contributed by atoms with Crippen LogP contribution in [0.3, 0.4) is 0 Å². The Bertz CT molecular complexity index is 1530. The van der Waals surface area contributed by atoms with Crippen molar-refractivity contribution in [3.8, 4) is 22.9 Å². The molecule has 0 aliphatic heterocycles. The number of alkyl halides is 3. The lowest BCUT2D eigenvalue weighted by molar-refractivity contribution is -0.385. The molecular formula is C23H19F4N3O9. The molecule has 1 atom stereocenters. The SMILES string of the molecule is COCCC(Oc1ccccc1Oc1cc(-n2c(=O)cc(C(F)(F)F)n(C)c2=O)c(F)cc1[N+](=O)[O-])C(=O)O. The summed E-state index contributed by atoms with van der Waals surface area (Å²) in [5.74, 6) is -4.03. The van der Waals surface area contributed by atoms with E-state index in [4.69, 9.17) is 14.2 Å². The van der Waals surface area contributed by atoms with Gasteiger partial charge in [-0.25, -0.2) is 18.5 Å². The fraction of sp³-hybridized carbons (Fsp3) is 0.261. The van der Waals surface area contributed by atoms with Crippen molar-refractivity contribution in [2.75, 3.05) is 13.7 Å². The van der Waals surface area contributed by atoms with Crippen molar-refractivity contribution in [1.82, 2.24) is 9.13 Å². The Morgan fingerprint density at radius 3 is 2.33 bits per heavy atom. The molecule has 3 rings (SSSR count). The zero-order valence-corrected chi connectivity index (χ0v) is 20.1. The van der Waals surface area contributed by atoms with E-state index in [1.165, 1.54) is 31.4 Å². The monoisotopic (exact) mass is 557 g/mol. The van der Waals surface area contributed by atoms with Gasteiger partial charge in [0.05, 0.1) is 23.3 Å². The van der Waals surface area contributed by atoms with E-state index in [0.29, 0.717) is 19.2 Å². The van der Waals surface area contributed by atoms with Crippen LogP contribution in [-0.4, -0.2) is 45.0 Å². The van der Waals surface area contributed by atoms with Crippen LogP contribution in [0.2, 0.25) is 0 Å². The second kappa shape index (κ2) is 11.3. The van der Waals surface area contributed by atoms with Gasteiger partial charge in [-0.1, -0.05) is 12.1 Å². The number of benzene rings is 2. The molecular weight excluding hydrogens is 538 g/mol. The number of hydrogen-bond donors (Lipinski definition) is 1.